The average Bonchev–Trinajstić information content (AvgIpc) is 2.94. The minimum Gasteiger partial charge on any atom is -0.747 e. The Hall–Kier alpha value is -0.400. The second-order valence-electron chi connectivity index (χ2n) is 9.86. The van der Waals surface area contributed by atoms with Gasteiger partial charge in [-0.25, -0.2) is 8.42 Å². The molecule has 0 spiro atoms. The molecule has 4 unspecified atom stereocenters. The van der Waals surface area contributed by atoms with E-state index in [9.17, 15) is 22.6 Å². The van der Waals surface area contributed by atoms with Crippen molar-refractivity contribution in [2.45, 2.75) is 96.0 Å². The Morgan fingerprint density at radius 2 is 1.72 bits per heavy atom. The van der Waals surface area contributed by atoms with Gasteiger partial charge in [-0.3, -0.25) is 9.59 Å². The number of fused-ring (bicyclic) bond motifs is 2. The maximum absolute atomic E-state index is 12.0. The van der Waals surface area contributed by atoms with Gasteiger partial charge >= 0.3 is 0 Å². The highest BCUT2D eigenvalue weighted by Gasteiger charge is 2.67. The third kappa shape index (κ3) is 5.09. The minimum absolute atomic E-state index is 0.294. The molecule has 0 aromatic carbocycles. The molecule has 0 radical (unpaired) electrons. The van der Waals surface area contributed by atoms with Gasteiger partial charge in [0.15, 0.2) is 17.3 Å². The summed E-state index contributed by atoms with van der Waals surface area (Å²) in [6.45, 7) is 7.67. The van der Waals surface area contributed by atoms with Crippen LogP contribution in [-0.2, 0) is 30.6 Å². The maximum atomic E-state index is 12.0. The first-order chi connectivity index (χ1) is 13.4. The van der Waals surface area contributed by atoms with Crippen molar-refractivity contribution in [3.63, 3.8) is 0 Å². The summed E-state index contributed by atoms with van der Waals surface area (Å²) in [5.41, 5.74) is -0.994. The van der Waals surface area contributed by atoms with E-state index in [4.69, 9.17) is 0 Å². The van der Waals surface area contributed by atoms with E-state index in [-0.39, 0.29) is 17.1 Å². The van der Waals surface area contributed by atoms with Crippen molar-refractivity contribution in [1.82, 2.24) is 0 Å². The summed E-state index contributed by atoms with van der Waals surface area (Å²) in [6.07, 6.45) is 12.4. The van der Waals surface area contributed by atoms with E-state index < -0.39 is 20.8 Å². The molecule has 0 heterocycles. The lowest BCUT2D eigenvalue weighted by molar-refractivity contribution is -0.128. The van der Waals surface area contributed by atoms with Gasteiger partial charge in [-0.15, -0.1) is 0 Å². The lowest BCUT2D eigenvalue weighted by Crippen LogP contribution is -2.38. The van der Waals surface area contributed by atoms with Crippen molar-refractivity contribution in [3.8, 4) is 0 Å². The third-order valence-electron chi connectivity index (χ3n) is 7.82. The fraction of sp³-hybridized carbons (Fsp3) is 0.909. The van der Waals surface area contributed by atoms with Crippen LogP contribution in [0.3, 0.4) is 0 Å². The number of rotatable bonds is 6. The van der Waals surface area contributed by atoms with Crippen LogP contribution in [0.15, 0.2) is 0 Å². The van der Waals surface area contributed by atoms with Gasteiger partial charge < -0.3 is 4.55 Å². The predicted octanol–water partition coefficient (Wildman–Crippen LogP) is 3.86. The molecular formula is C22H38O5S2. The van der Waals surface area contributed by atoms with Crippen LogP contribution in [0.2, 0.25) is 0 Å². The van der Waals surface area contributed by atoms with Gasteiger partial charge in [-0.2, -0.15) is 0 Å². The van der Waals surface area contributed by atoms with Crippen molar-refractivity contribution in [2.75, 3.05) is 12.0 Å². The van der Waals surface area contributed by atoms with E-state index in [2.05, 4.69) is 13.2 Å². The molecule has 2 bridgehead atoms. The molecule has 3 fully saturated rings. The zero-order chi connectivity index (χ0) is 22.0. The highest BCUT2D eigenvalue weighted by atomic mass is 32.2. The molecule has 3 aliphatic carbocycles. The Morgan fingerprint density at radius 1 is 1.14 bits per heavy atom. The molecule has 29 heavy (non-hydrogen) atoms. The van der Waals surface area contributed by atoms with Crippen molar-refractivity contribution in [3.05, 3.63) is 0 Å². The molecule has 168 valence electrons. The summed E-state index contributed by atoms with van der Waals surface area (Å²) in [4.78, 5) is 23.5. The summed E-state index contributed by atoms with van der Waals surface area (Å²) < 4.78 is 33.3. The fourth-order valence-electron chi connectivity index (χ4n) is 5.53. The highest BCUT2D eigenvalue weighted by molar-refractivity contribution is 7.97. The third-order valence-corrected chi connectivity index (χ3v) is 11.4. The van der Waals surface area contributed by atoms with Gasteiger partial charge in [0.05, 0.1) is 6.26 Å². The first-order valence-corrected chi connectivity index (χ1v) is 14.3. The van der Waals surface area contributed by atoms with Crippen LogP contribution in [0.4, 0.5) is 0 Å². The van der Waals surface area contributed by atoms with E-state index in [0.717, 1.165) is 23.8 Å². The Bertz CT molecular complexity index is 709. The Morgan fingerprint density at radius 3 is 2.14 bits per heavy atom. The number of hydrogen-bond acceptors (Lipinski definition) is 5. The van der Waals surface area contributed by atoms with Gasteiger partial charge in [0.1, 0.15) is 20.6 Å². The van der Waals surface area contributed by atoms with Crippen molar-refractivity contribution >= 4 is 32.6 Å². The molecule has 5 nitrogen and oxygen atoms in total. The van der Waals surface area contributed by atoms with Crippen molar-refractivity contribution in [2.24, 2.45) is 16.7 Å². The summed E-state index contributed by atoms with van der Waals surface area (Å²) in [5.74, 6) is 0.693. The topological polar surface area (TPSA) is 91.3 Å². The van der Waals surface area contributed by atoms with E-state index in [1.807, 2.05) is 13.8 Å². The molecule has 0 amide bonds. The molecule has 0 aliphatic heterocycles. The second kappa shape index (κ2) is 9.39. The zero-order valence-electron chi connectivity index (χ0n) is 18.7. The number of carbonyl (C=O) groups is 2. The molecule has 4 atom stereocenters. The summed E-state index contributed by atoms with van der Waals surface area (Å²) >= 11 is 0. The standard InChI is InChI=1S/C12H23OS.C10H16O4S/c1-3-7-11(13)10-14(2)12-8-5-4-6-9-12;1-9(2)6-4-5-10(9,3)8(11)7(6)15(12,13)14/h12H,3-10H2,1-2H3;6-7H,4-5H2,1-3H3,(H,12,13,14)/q+1;/p-1. The summed E-state index contributed by atoms with van der Waals surface area (Å²) in [7, 11) is -4.13. The van der Waals surface area contributed by atoms with Crippen LogP contribution in [0.1, 0.15) is 85.5 Å². The number of Topliss-reactive ketones (excluding diaryl/α,β-unsaturated/α-hetero) is 2. The van der Waals surface area contributed by atoms with Crippen LogP contribution in [-0.4, -0.2) is 47.0 Å². The largest absolute Gasteiger partial charge is 0.747 e. The van der Waals surface area contributed by atoms with E-state index in [1.54, 1.807) is 6.92 Å². The lowest BCUT2D eigenvalue weighted by Gasteiger charge is -2.32. The van der Waals surface area contributed by atoms with Crippen LogP contribution < -0.4 is 0 Å². The van der Waals surface area contributed by atoms with E-state index >= 15 is 0 Å². The van der Waals surface area contributed by atoms with Gasteiger partial charge in [0.25, 0.3) is 0 Å². The monoisotopic (exact) mass is 446 g/mol. The fourth-order valence-corrected chi connectivity index (χ4v) is 8.95. The summed E-state index contributed by atoms with van der Waals surface area (Å²) in [5, 5.41) is -0.434. The second-order valence-corrected chi connectivity index (χ2v) is 13.7. The quantitative estimate of drug-likeness (QED) is 0.456. The first-order valence-electron chi connectivity index (χ1n) is 11.0. The normalized spacial score (nSPS) is 32.6. The molecular weight excluding hydrogens is 408 g/mol. The number of ketones is 2. The molecule has 3 aliphatic rings. The summed E-state index contributed by atoms with van der Waals surface area (Å²) in [6, 6.07) is 0. The minimum atomic E-state index is -4.49. The predicted molar refractivity (Wildman–Crippen MR) is 118 cm³/mol. The molecule has 0 aromatic heterocycles. The highest BCUT2D eigenvalue weighted by Crippen LogP contribution is 2.64. The van der Waals surface area contributed by atoms with Gasteiger partial charge in [-0.1, -0.05) is 34.1 Å². The molecule has 3 rings (SSSR count). The zero-order valence-corrected chi connectivity index (χ0v) is 20.3. The maximum Gasteiger partial charge on any atom is 0.181 e. The van der Waals surface area contributed by atoms with Gasteiger partial charge in [0.2, 0.25) is 0 Å². The Kier molecular flexibility index (Phi) is 8.05. The van der Waals surface area contributed by atoms with Gasteiger partial charge in [0, 0.05) is 11.8 Å². The number of hydrogen-bond donors (Lipinski definition) is 0. The number of carbonyl (C=O) groups excluding carboxylic acids is 2. The average molecular weight is 447 g/mol. The van der Waals surface area contributed by atoms with E-state index in [0.29, 0.717) is 29.5 Å². The van der Waals surface area contributed by atoms with Crippen LogP contribution in [0, 0.1) is 16.7 Å². The smallest absolute Gasteiger partial charge is 0.181 e. The molecule has 0 aromatic rings. The SMILES string of the molecule is CC12CCC(C(S(=O)(=O)[O-])C1=O)C2(C)C.CCCC(=O)C[S+](C)C1CCCCC1. The Balaban J connectivity index is 0.000000208. The van der Waals surface area contributed by atoms with Crippen LogP contribution in [0.5, 0.6) is 0 Å². The molecule has 7 heteroatoms. The first kappa shape index (κ1) is 24.9. The molecule has 0 saturated heterocycles. The van der Waals surface area contributed by atoms with Gasteiger partial charge in [-0.05, 0) is 67.2 Å². The van der Waals surface area contributed by atoms with Crippen molar-refractivity contribution in [1.29, 1.82) is 0 Å². The van der Waals surface area contributed by atoms with Crippen LogP contribution in [0.25, 0.3) is 0 Å². The molecule has 0 N–H and O–H groups in total. The van der Waals surface area contributed by atoms with Crippen molar-refractivity contribution < 1.29 is 22.6 Å². The molecule has 3 saturated carbocycles. The van der Waals surface area contributed by atoms with Crippen LogP contribution >= 0.6 is 0 Å². The Labute approximate surface area is 179 Å². The van der Waals surface area contributed by atoms with E-state index in [1.165, 1.54) is 32.1 Å². The lowest BCUT2D eigenvalue weighted by atomic mass is 9.70.